The number of carbonyl (C=O) groups is 1. The van der Waals surface area contributed by atoms with Gasteiger partial charge >= 0.3 is 0 Å². The molecule has 7 nitrogen and oxygen atoms in total. The molecule has 0 atom stereocenters. The number of aromatic nitrogens is 2. The first-order valence-corrected chi connectivity index (χ1v) is 7.72. The van der Waals surface area contributed by atoms with Crippen molar-refractivity contribution in [2.75, 3.05) is 18.5 Å². The second kappa shape index (κ2) is 6.35. The molecule has 0 saturated heterocycles. The summed E-state index contributed by atoms with van der Waals surface area (Å²) in [7, 11) is 0. The van der Waals surface area contributed by atoms with E-state index in [4.69, 9.17) is 9.47 Å². The summed E-state index contributed by atoms with van der Waals surface area (Å²) in [6.45, 7) is 6.83. The van der Waals surface area contributed by atoms with Crippen molar-refractivity contribution in [1.29, 1.82) is 0 Å². The minimum absolute atomic E-state index is 0.249. The number of anilines is 2. The van der Waals surface area contributed by atoms with Crippen LogP contribution in [0.2, 0.25) is 0 Å². The van der Waals surface area contributed by atoms with Crippen LogP contribution in [0.1, 0.15) is 31.3 Å². The molecule has 1 amide bonds. The van der Waals surface area contributed by atoms with Crippen molar-refractivity contribution >= 4 is 17.4 Å². The molecule has 0 spiro atoms. The maximum atomic E-state index is 12.0. The van der Waals surface area contributed by atoms with Crippen LogP contribution < -0.4 is 20.1 Å². The third-order valence-corrected chi connectivity index (χ3v) is 3.19. The maximum absolute atomic E-state index is 12.0. The predicted molar refractivity (Wildman–Crippen MR) is 90.0 cm³/mol. The standard InChI is InChI=1S/C17H20N4O3/c1-17(2,3)21-16(22)12-9-19-15(10-18-12)20-11-4-5-13-14(8-11)24-7-6-23-13/h4-5,8-10H,6-7H2,1-3H3,(H,19,20)(H,21,22). The number of amides is 1. The van der Waals surface area contributed by atoms with Gasteiger partial charge in [0.05, 0.1) is 12.4 Å². The zero-order valence-corrected chi connectivity index (χ0v) is 13.9. The smallest absolute Gasteiger partial charge is 0.271 e. The molecule has 2 heterocycles. The molecule has 126 valence electrons. The molecule has 24 heavy (non-hydrogen) atoms. The molecular weight excluding hydrogens is 308 g/mol. The van der Waals surface area contributed by atoms with E-state index in [1.165, 1.54) is 12.4 Å². The van der Waals surface area contributed by atoms with E-state index in [0.717, 1.165) is 11.4 Å². The third kappa shape index (κ3) is 3.92. The summed E-state index contributed by atoms with van der Waals surface area (Å²) in [4.78, 5) is 20.4. The second-order valence-electron chi connectivity index (χ2n) is 6.47. The second-order valence-corrected chi connectivity index (χ2v) is 6.47. The number of hydrogen-bond donors (Lipinski definition) is 2. The van der Waals surface area contributed by atoms with Crippen LogP contribution in [0.3, 0.4) is 0 Å². The number of carbonyl (C=O) groups excluding carboxylic acids is 1. The lowest BCUT2D eigenvalue weighted by Gasteiger charge is -2.20. The van der Waals surface area contributed by atoms with Gasteiger partial charge in [-0.05, 0) is 32.9 Å². The van der Waals surface area contributed by atoms with E-state index in [0.29, 0.717) is 24.8 Å². The van der Waals surface area contributed by atoms with Gasteiger partial charge in [0.1, 0.15) is 24.7 Å². The fraction of sp³-hybridized carbons (Fsp3) is 0.353. The van der Waals surface area contributed by atoms with Gasteiger partial charge in [0, 0.05) is 17.3 Å². The average molecular weight is 328 g/mol. The van der Waals surface area contributed by atoms with Crippen LogP contribution in [0.25, 0.3) is 0 Å². The molecule has 1 aromatic heterocycles. The summed E-state index contributed by atoms with van der Waals surface area (Å²) in [5.41, 5.74) is 0.763. The highest BCUT2D eigenvalue weighted by Crippen LogP contribution is 2.33. The zero-order chi connectivity index (χ0) is 17.2. The fourth-order valence-electron chi connectivity index (χ4n) is 2.18. The summed E-state index contributed by atoms with van der Waals surface area (Å²) < 4.78 is 11.0. The molecule has 1 aliphatic rings. The third-order valence-electron chi connectivity index (χ3n) is 3.19. The lowest BCUT2D eigenvalue weighted by atomic mass is 10.1. The molecule has 0 aliphatic carbocycles. The van der Waals surface area contributed by atoms with Crippen LogP contribution in [-0.4, -0.2) is 34.6 Å². The highest BCUT2D eigenvalue weighted by atomic mass is 16.6. The Morgan fingerprint density at radius 3 is 2.50 bits per heavy atom. The lowest BCUT2D eigenvalue weighted by Crippen LogP contribution is -2.40. The Labute approximate surface area is 140 Å². The number of benzene rings is 1. The van der Waals surface area contributed by atoms with Gasteiger partial charge in [0.25, 0.3) is 5.91 Å². The number of rotatable bonds is 3. The van der Waals surface area contributed by atoms with Gasteiger partial charge in [-0.15, -0.1) is 0 Å². The minimum atomic E-state index is -0.319. The SMILES string of the molecule is CC(C)(C)NC(=O)c1cnc(Nc2ccc3c(c2)OCCO3)cn1. The number of nitrogens with one attached hydrogen (secondary N) is 2. The molecule has 1 aliphatic heterocycles. The summed E-state index contributed by atoms with van der Waals surface area (Å²) in [6, 6.07) is 5.56. The molecule has 3 rings (SSSR count). The van der Waals surface area contributed by atoms with Gasteiger partial charge in [-0.1, -0.05) is 0 Å². The van der Waals surface area contributed by atoms with Crippen molar-refractivity contribution in [3.63, 3.8) is 0 Å². The summed E-state index contributed by atoms with van der Waals surface area (Å²) in [5, 5.41) is 5.97. The van der Waals surface area contributed by atoms with Crippen LogP contribution in [-0.2, 0) is 0 Å². The Morgan fingerprint density at radius 1 is 1.08 bits per heavy atom. The number of nitrogens with zero attached hydrogens (tertiary/aromatic N) is 2. The predicted octanol–water partition coefficient (Wildman–Crippen LogP) is 2.52. The van der Waals surface area contributed by atoms with E-state index < -0.39 is 0 Å². The van der Waals surface area contributed by atoms with Crippen molar-refractivity contribution in [2.24, 2.45) is 0 Å². The van der Waals surface area contributed by atoms with E-state index in [1.807, 2.05) is 39.0 Å². The molecule has 0 bridgehead atoms. The van der Waals surface area contributed by atoms with Crippen LogP contribution >= 0.6 is 0 Å². The van der Waals surface area contributed by atoms with Gasteiger partial charge < -0.3 is 20.1 Å². The van der Waals surface area contributed by atoms with Crippen molar-refractivity contribution < 1.29 is 14.3 Å². The summed E-state index contributed by atoms with van der Waals surface area (Å²) in [5.74, 6) is 1.72. The molecule has 0 fully saturated rings. The topological polar surface area (TPSA) is 85.4 Å². The van der Waals surface area contributed by atoms with Crippen LogP contribution in [0.5, 0.6) is 11.5 Å². The molecule has 2 N–H and O–H groups in total. The highest BCUT2D eigenvalue weighted by molar-refractivity contribution is 5.92. The van der Waals surface area contributed by atoms with Gasteiger partial charge in [-0.2, -0.15) is 0 Å². The van der Waals surface area contributed by atoms with E-state index in [9.17, 15) is 4.79 Å². The first-order valence-electron chi connectivity index (χ1n) is 7.72. The Hall–Kier alpha value is -2.83. The highest BCUT2D eigenvalue weighted by Gasteiger charge is 2.17. The molecule has 1 aromatic carbocycles. The molecule has 0 unspecified atom stereocenters. The first-order chi connectivity index (χ1) is 11.4. The average Bonchev–Trinajstić information content (AvgIpc) is 2.54. The van der Waals surface area contributed by atoms with Crippen molar-refractivity contribution in [3.8, 4) is 11.5 Å². The van der Waals surface area contributed by atoms with Crippen LogP contribution in [0.15, 0.2) is 30.6 Å². The van der Waals surface area contributed by atoms with Crippen molar-refractivity contribution in [1.82, 2.24) is 15.3 Å². The largest absolute Gasteiger partial charge is 0.486 e. The molecule has 0 radical (unpaired) electrons. The Morgan fingerprint density at radius 2 is 1.83 bits per heavy atom. The Bertz CT molecular complexity index is 738. The van der Waals surface area contributed by atoms with Crippen LogP contribution in [0, 0.1) is 0 Å². The first kappa shape index (κ1) is 16.0. The van der Waals surface area contributed by atoms with Gasteiger partial charge in [0.2, 0.25) is 0 Å². The molecule has 0 saturated carbocycles. The monoisotopic (exact) mass is 328 g/mol. The van der Waals surface area contributed by atoms with E-state index in [2.05, 4.69) is 20.6 Å². The normalized spacial score (nSPS) is 13.3. The molecule has 2 aromatic rings. The number of fused-ring (bicyclic) bond motifs is 1. The van der Waals surface area contributed by atoms with Gasteiger partial charge in [0.15, 0.2) is 11.5 Å². The van der Waals surface area contributed by atoms with E-state index >= 15 is 0 Å². The van der Waals surface area contributed by atoms with Gasteiger partial charge in [-0.25, -0.2) is 9.97 Å². The molecule has 7 heteroatoms. The maximum Gasteiger partial charge on any atom is 0.271 e. The van der Waals surface area contributed by atoms with Crippen molar-refractivity contribution in [3.05, 3.63) is 36.3 Å². The lowest BCUT2D eigenvalue weighted by molar-refractivity contribution is 0.0914. The van der Waals surface area contributed by atoms with Crippen molar-refractivity contribution in [2.45, 2.75) is 26.3 Å². The quantitative estimate of drug-likeness (QED) is 0.900. The fourth-order valence-corrected chi connectivity index (χ4v) is 2.18. The Balaban J connectivity index is 1.69. The van der Waals surface area contributed by atoms with E-state index in [-0.39, 0.29) is 17.1 Å². The zero-order valence-electron chi connectivity index (χ0n) is 13.9. The minimum Gasteiger partial charge on any atom is -0.486 e. The number of ether oxygens (including phenoxy) is 2. The van der Waals surface area contributed by atoms with E-state index in [1.54, 1.807) is 0 Å². The van der Waals surface area contributed by atoms with Gasteiger partial charge in [-0.3, -0.25) is 4.79 Å². The summed E-state index contributed by atoms with van der Waals surface area (Å²) in [6.07, 6.45) is 2.97. The van der Waals surface area contributed by atoms with Crippen LogP contribution in [0.4, 0.5) is 11.5 Å². The molecular formula is C17H20N4O3. The summed E-state index contributed by atoms with van der Waals surface area (Å²) >= 11 is 0. The Kier molecular flexibility index (Phi) is 4.24. The number of hydrogen-bond acceptors (Lipinski definition) is 6.